The molecule has 0 radical (unpaired) electrons. The minimum atomic E-state index is -0.637. The third-order valence-electron chi connectivity index (χ3n) is 4.11. The first-order chi connectivity index (χ1) is 10.9. The highest BCUT2D eigenvalue weighted by Gasteiger charge is 2.29. The third kappa shape index (κ3) is 3.32. The van der Waals surface area contributed by atoms with Gasteiger partial charge in [0.25, 0.3) is 5.91 Å². The van der Waals surface area contributed by atoms with E-state index in [1.807, 2.05) is 19.4 Å². The molecule has 0 aliphatic carbocycles. The van der Waals surface area contributed by atoms with E-state index in [1.54, 1.807) is 9.58 Å². The first kappa shape index (κ1) is 15.8. The van der Waals surface area contributed by atoms with Gasteiger partial charge in [-0.3, -0.25) is 9.48 Å². The second-order valence-electron chi connectivity index (χ2n) is 5.92. The predicted molar refractivity (Wildman–Crippen MR) is 84.0 cm³/mol. The molecule has 1 N–H and O–H groups in total. The molecule has 1 aromatic carbocycles. The Kier molecular flexibility index (Phi) is 4.26. The first-order valence-corrected chi connectivity index (χ1v) is 7.76. The van der Waals surface area contributed by atoms with Crippen molar-refractivity contribution in [3.8, 4) is 5.75 Å². The van der Waals surface area contributed by atoms with Gasteiger partial charge < -0.3 is 10.0 Å². The number of aryl methyl sites for hydroxylation is 1. The second kappa shape index (κ2) is 6.20. The van der Waals surface area contributed by atoms with Gasteiger partial charge in [0.1, 0.15) is 11.6 Å². The average molecular weight is 338 g/mol. The number of benzene rings is 1. The van der Waals surface area contributed by atoms with Crippen LogP contribution in [0.3, 0.4) is 0 Å². The fourth-order valence-corrected chi connectivity index (χ4v) is 3.20. The molecule has 5 nitrogen and oxygen atoms in total. The van der Waals surface area contributed by atoms with E-state index in [4.69, 9.17) is 11.6 Å². The molecule has 7 heteroatoms. The first-order valence-electron chi connectivity index (χ1n) is 7.39. The lowest BCUT2D eigenvalue weighted by Crippen LogP contribution is -2.29. The van der Waals surface area contributed by atoms with Crippen LogP contribution in [0.15, 0.2) is 24.5 Å². The molecule has 1 aliphatic rings. The molecule has 0 spiro atoms. The van der Waals surface area contributed by atoms with Crippen molar-refractivity contribution in [2.45, 2.75) is 12.8 Å². The Balaban J connectivity index is 1.70. The van der Waals surface area contributed by atoms with Gasteiger partial charge in [-0.1, -0.05) is 11.6 Å². The lowest BCUT2D eigenvalue weighted by Gasteiger charge is -2.17. The van der Waals surface area contributed by atoms with Crippen molar-refractivity contribution in [1.29, 1.82) is 0 Å². The zero-order chi connectivity index (χ0) is 16.6. The van der Waals surface area contributed by atoms with Crippen molar-refractivity contribution in [1.82, 2.24) is 14.7 Å². The van der Waals surface area contributed by atoms with Crippen LogP contribution in [0.1, 0.15) is 22.3 Å². The lowest BCUT2D eigenvalue weighted by molar-refractivity contribution is 0.0783. The normalized spacial score (nSPS) is 17.7. The van der Waals surface area contributed by atoms with Gasteiger partial charge in [-0.2, -0.15) is 5.10 Å². The zero-order valence-corrected chi connectivity index (χ0v) is 13.4. The van der Waals surface area contributed by atoms with Gasteiger partial charge in [-0.25, -0.2) is 4.39 Å². The summed E-state index contributed by atoms with van der Waals surface area (Å²) in [6, 6.07) is 2.01. The van der Waals surface area contributed by atoms with Crippen LogP contribution in [0.25, 0.3) is 0 Å². The number of rotatable bonds is 3. The molecular formula is C16H17ClFN3O2. The molecule has 3 rings (SSSR count). The van der Waals surface area contributed by atoms with E-state index in [9.17, 15) is 14.3 Å². The van der Waals surface area contributed by atoms with Gasteiger partial charge in [-0.15, -0.1) is 0 Å². The summed E-state index contributed by atoms with van der Waals surface area (Å²) in [5.41, 5.74) is 1.04. The molecule has 1 amide bonds. The van der Waals surface area contributed by atoms with Crippen LogP contribution in [-0.2, 0) is 13.5 Å². The van der Waals surface area contributed by atoms with E-state index in [2.05, 4.69) is 5.10 Å². The molecule has 1 fully saturated rings. The molecule has 122 valence electrons. The van der Waals surface area contributed by atoms with Crippen LogP contribution < -0.4 is 0 Å². The van der Waals surface area contributed by atoms with E-state index >= 15 is 0 Å². The Morgan fingerprint density at radius 2 is 2.30 bits per heavy atom. The average Bonchev–Trinajstić information content (AvgIpc) is 3.12. The highest BCUT2D eigenvalue weighted by atomic mass is 35.5. The summed E-state index contributed by atoms with van der Waals surface area (Å²) < 4.78 is 15.2. The van der Waals surface area contributed by atoms with Crippen molar-refractivity contribution < 1.29 is 14.3 Å². The number of likely N-dealkylation sites (tertiary alicyclic amines) is 1. The maximum Gasteiger partial charge on any atom is 0.257 e. The summed E-state index contributed by atoms with van der Waals surface area (Å²) in [6.45, 7) is 1.15. The van der Waals surface area contributed by atoms with Gasteiger partial charge in [0.2, 0.25) is 0 Å². The number of carbonyl (C=O) groups is 1. The fraction of sp³-hybridized carbons (Fsp3) is 0.375. The molecule has 1 atom stereocenters. The summed E-state index contributed by atoms with van der Waals surface area (Å²) in [5.74, 6) is -1.07. The summed E-state index contributed by atoms with van der Waals surface area (Å²) >= 11 is 5.74. The maximum atomic E-state index is 13.4. The number of amides is 1. The molecule has 1 aromatic heterocycles. The molecule has 2 heterocycles. The highest BCUT2D eigenvalue weighted by molar-refractivity contribution is 6.32. The number of nitrogens with zero attached hydrogens (tertiary/aromatic N) is 3. The molecular weight excluding hydrogens is 321 g/mol. The van der Waals surface area contributed by atoms with Crippen LogP contribution in [-0.4, -0.2) is 38.8 Å². The number of aromatic hydroxyl groups is 1. The predicted octanol–water partition coefficient (Wildman–Crippen LogP) is 2.62. The van der Waals surface area contributed by atoms with Crippen molar-refractivity contribution in [2.24, 2.45) is 13.0 Å². The number of aromatic nitrogens is 2. The van der Waals surface area contributed by atoms with E-state index in [0.29, 0.717) is 19.0 Å². The Morgan fingerprint density at radius 1 is 1.52 bits per heavy atom. The molecule has 0 saturated carbocycles. The summed E-state index contributed by atoms with van der Waals surface area (Å²) in [4.78, 5) is 14.1. The van der Waals surface area contributed by atoms with Crippen molar-refractivity contribution >= 4 is 17.5 Å². The fourth-order valence-electron chi connectivity index (χ4n) is 2.99. The number of halogens is 2. The van der Waals surface area contributed by atoms with Gasteiger partial charge in [-0.05, 0) is 36.5 Å². The maximum absolute atomic E-state index is 13.4. The van der Waals surface area contributed by atoms with Crippen LogP contribution in [0, 0.1) is 11.7 Å². The van der Waals surface area contributed by atoms with Crippen LogP contribution in [0.5, 0.6) is 5.75 Å². The van der Waals surface area contributed by atoms with Gasteiger partial charge >= 0.3 is 0 Å². The number of phenols is 1. The van der Waals surface area contributed by atoms with Crippen molar-refractivity contribution in [3.63, 3.8) is 0 Å². The van der Waals surface area contributed by atoms with E-state index in [1.165, 1.54) is 0 Å². The van der Waals surface area contributed by atoms with Gasteiger partial charge in [0.05, 0.1) is 16.8 Å². The molecule has 2 aromatic rings. The molecule has 0 bridgehead atoms. The Hall–Kier alpha value is -2.08. The Bertz CT molecular complexity index is 747. The minimum Gasteiger partial charge on any atom is -0.506 e. The number of hydrogen-bond donors (Lipinski definition) is 1. The molecule has 1 aliphatic heterocycles. The monoisotopic (exact) mass is 337 g/mol. The van der Waals surface area contributed by atoms with E-state index in [-0.39, 0.29) is 16.3 Å². The smallest absolute Gasteiger partial charge is 0.257 e. The van der Waals surface area contributed by atoms with Gasteiger partial charge in [0, 0.05) is 26.3 Å². The Labute approximate surface area is 138 Å². The zero-order valence-electron chi connectivity index (χ0n) is 12.7. The third-order valence-corrected chi connectivity index (χ3v) is 4.40. The van der Waals surface area contributed by atoms with E-state index < -0.39 is 11.7 Å². The highest BCUT2D eigenvalue weighted by Crippen LogP contribution is 2.31. The van der Waals surface area contributed by atoms with Crippen molar-refractivity contribution in [2.75, 3.05) is 13.1 Å². The van der Waals surface area contributed by atoms with E-state index in [0.717, 1.165) is 30.5 Å². The van der Waals surface area contributed by atoms with Crippen LogP contribution in [0.2, 0.25) is 5.02 Å². The summed E-state index contributed by atoms with van der Waals surface area (Å²) in [6.07, 6.45) is 5.49. The Morgan fingerprint density at radius 3 is 3.00 bits per heavy atom. The molecule has 1 saturated heterocycles. The molecule has 0 unspecified atom stereocenters. The number of hydrogen-bond acceptors (Lipinski definition) is 3. The molecule has 23 heavy (non-hydrogen) atoms. The number of carbonyl (C=O) groups excluding carboxylic acids is 1. The second-order valence-corrected chi connectivity index (χ2v) is 6.32. The SMILES string of the molecule is Cn1cc(C[C@H]2CCN(C(=O)c3cc(F)cc(Cl)c3O)C2)cn1. The van der Waals surface area contributed by atoms with Crippen LogP contribution in [0.4, 0.5) is 4.39 Å². The largest absolute Gasteiger partial charge is 0.506 e. The standard InChI is InChI=1S/C16H17ClFN3O2/c1-20-8-11(7-19-20)4-10-2-3-21(9-10)16(23)13-5-12(18)6-14(17)15(13)22/h5-8,10,22H,2-4,9H2,1H3/t10-/m1/s1. The van der Waals surface area contributed by atoms with Crippen LogP contribution >= 0.6 is 11.6 Å². The number of phenolic OH excluding ortho intramolecular Hbond substituents is 1. The van der Waals surface area contributed by atoms with Gasteiger partial charge in [0.15, 0.2) is 0 Å². The quantitative estimate of drug-likeness (QED) is 0.936. The summed E-state index contributed by atoms with van der Waals surface area (Å²) in [7, 11) is 1.87. The minimum absolute atomic E-state index is 0.0861. The topological polar surface area (TPSA) is 58.4 Å². The summed E-state index contributed by atoms with van der Waals surface area (Å²) in [5, 5.41) is 13.9. The van der Waals surface area contributed by atoms with Crippen molar-refractivity contribution in [3.05, 3.63) is 46.5 Å². The lowest BCUT2D eigenvalue weighted by atomic mass is 10.0.